The molecule has 1 aliphatic heterocycles. The van der Waals surface area contributed by atoms with Gasteiger partial charge in [-0.25, -0.2) is 0 Å². The first-order chi connectivity index (χ1) is 14.0. The Kier molecular flexibility index (Phi) is 7.49. The molecule has 2 aromatic rings. The number of hydrogen-bond donors (Lipinski definition) is 2. The SMILES string of the molecule is Cc1cccc(OCC(=O)NC[C@@H](c2ccc(N(C)C)cc2)[NH+]2CCOCC2)c1. The lowest BCUT2D eigenvalue weighted by molar-refractivity contribution is -0.937. The summed E-state index contributed by atoms with van der Waals surface area (Å²) in [4.78, 5) is 15.9. The Labute approximate surface area is 173 Å². The third-order valence-electron chi connectivity index (χ3n) is 5.30. The van der Waals surface area contributed by atoms with E-state index in [1.165, 1.54) is 16.2 Å². The van der Waals surface area contributed by atoms with Crippen molar-refractivity contribution >= 4 is 11.6 Å². The third kappa shape index (κ3) is 6.21. The lowest BCUT2D eigenvalue weighted by Gasteiger charge is -2.32. The van der Waals surface area contributed by atoms with E-state index in [4.69, 9.17) is 9.47 Å². The van der Waals surface area contributed by atoms with Crippen LogP contribution in [0.15, 0.2) is 48.5 Å². The molecule has 1 heterocycles. The van der Waals surface area contributed by atoms with Crippen LogP contribution in [0.25, 0.3) is 0 Å². The highest BCUT2D eigenvalue weighted by Gasteiger charge is 2.27. The summed E-state index contributed by atoms with van der Waals surface area (Å²) >= 11 is 0. The van der Waals surface area contributed by atoms with Crippen LogP contribution in [-0.2, 0) is 9.53 Å². The van der Waals surface area contributed by atoms with Crippen molar-refractivity contribution in [3.8, 4) is 5.75 Å². The molecular formula is C23H32N3O3+. The van der Waals surface area contributed by atoms with Crippen LogP contribution in [-0.4, -0.2) is 59.5 Å². The summed E-state index contributed by atoms with van der Waals surface area (Å²) < 4.78 is 11.2. The zero-order chi connectivity index (χ0) is 20.6. The number of carbonyl (C=O) groups excluding carboxylic acids is 1. The molecule has 0 aromatic heterocycles. The van der Waals surface area contributed by atoms with Gasteiger partial charge in [0.15, 0.2) is 6.61 Å². The van der Waals surface area contributed by atoms with Crippen molar-refractivity contribution in [3.63, 3.8) is 0 Å². The molecule has 6 heteroatoms. The summed E-state index contributed by atoms with van der Waals surface area (Å²) in [6, 6.07) is 16.5. The van der Waals surface area contributed by atoms with Gasteiger partial charge < -0.3 is 24.6 Å². The maximum atomic E-state index is 12.4. The summed E-state index contributed by atoms with van der Waals surface area (Å²) in [6.07, 6.45) is 0. The summed E-state index contributed by atoms with van der Waals surface area (Å²) in [6.45, 7) is 5.99. The van der Waals surface area contributed by atoms with Crippen molar-refractivity contribution in [3.05, 3.63) is 59.7 Å². The molecule has 2 aromatic carbocycles. The Balaban J connectivity index is 1.61. The van der Waals surface area contributed by atoms with E-state index in [0.717, 1.165) is 37.6 Å². The Morgan fingerprint density at radius 1 is 1.17 bits per heavy atom. The molecule has 2 N–H and O–H groups in total. The average Bonchev–Trinajstić information content (AvgIpc) is 2.73. The van der Waals surface area contributed by atoms with Gasteiger partial charge >= 0.3 is 0 Å². The molecule has 6 nitrogen and oxygen atoms in total. The van der Waals surface area contributed by atoms with Crippen molar-refractivity contribution in [2.45, 2.75) is 13.0 Å². The molecule has 1 atom stereocenters. The molecule has 1 aliphatic rings. The fraction of sp³-hybridized carbons (Fsp3) is 0.435. The number of benzene rings is 2. The van der Waals surface area contributed by atoms with Gasteiger partial charge in [0.1, 0.15) is 24.9 Å². The smallest absolute Gasteiger partial charge is 0.258 e. The quantitative estimate of drug-likeness (QED) is 0.702. The zero-order valence-electron chi connectivity index (χ0n) is 17.6. The number of rotatable bonds is 8. The number of nitrogens with zero attached hydrogens (tertiary/aromatic N) is 1. The molecule has 0 saturated carbocycles. The molecule has 0 aliphatic carbocycles. The van der Waals surface area contributed by atoms with Crippen LogP contribution in [0.5, 0.6) is 5.75 Å². The van der Waals surface area contributed by atoms with Crippen LogP contribution in [0, 0.1) is 6.92 Å². The number of morpholine rings is 1. The Bertz CT molecular complexity index is 786. The maximum Gasteiger partial charge on any atom is 0.258 e. The van der Waals surface area contributed by atoms with Crippen LogP contribution >= 0.6 is 0 Å². The molecule has 0 spiro atoms. The molecular weight excluding hydrogens is 366 g/mol. The molecule has 3 rings (SSSR count). The van der Waals surface area contributed by atoms with E-state index in [2.05, 4.69) is 34.5 Å². The Morgan fingerprint density at radius 2 is 1.90 bits per heavy atom. The van der Waals surface area contributed by atoms with Gasteiger partial charge in [-0.05, 0) is 36.8 Å². The van der Waals surface area contributed by atoms with E-state index >= 15 is 0 Å². The zero-order valence-corrected chi connectivity index (χ0v) is 17.6. The third-order valence-corrected chi connectivity index (χ3v) is 5.30. The number of nitrogens with one attached hydrogen (secondary N) is 2. The number of ether oxygens (including phenoxy) is 2. The monoisotopic (exact) mass is 398 g/mol. The maximum absolute atomic E-state index is 12.4. The first kappa shape index (κ1) is 21.1. The molecule has 0 bridgehead atoms. The predicted octanol–water partition coefficient (Wildman–Crippen LogP) is 1.21. The number of carbonyl (C=O) groups is 1. The van der Waals surface area contributed by atoms with Gasteiger partial charge in [0.2, 0.25) is 0 Å². The fourth-order valence-corrected chi connectivity index (χ4v) is 3.61. The second-order valence-electron chi connectivity index (χ2n) is 7.72. The Morgan fingerprint density at radius 3 is 2.55 bits per heavy atom. The standard InChI is InChI=1S/C23H31N3O3/c1-18-5-4-6-21(15-18)29-17-23(27)24-16-22(26-11-13-28-14-12-26)19-7-9-20(10-8-19)25(2)3/h4-10,15,22H,11-14,16-17H2,1-3H3,(H,24,27)/p+1/t22-/m0/s1. The van der Waals surface area contributed by atoms with Crippen LogP contribution in [0.1, 0.15) is 17.2 Å². The number of aryl methyl sites for hydroxylation is 1. The second kappa shape index (κ2) is 10.3. The van der Waals surface area contributed by atoms with Crippen LogP contribution in [0.4, 0.5) is 5.69 Å². The van der Waals surface area contributed by atoms with Gasteiger partial charge in [-0.1, -0.05) is 24.3 Å². The minimum Gasteiger partial charge on any atom is -0.484 e. The molecule has 1 fully saturated rings. The minimum atomic E-state index is -0.103. The number of quaternary nitrogens is 1. The van der Waals surface area contributed by atoms with E-state index in [0.29, 0.717) is 6.54 Å². The normalized spacial score (nSPS) is 15.6. The highest BCUT2D eigenvalue weighted by Crippen LogP contribution is 2.16. The summed E-state index contributed by atoms with van der Waals surface area (Å²) in [5, 5.41) is 3.06. The molecule has 156 valence electrons. The first-order valence-electron chi connectivity index (χ1n) is 10.2. The topological polar surface area (TPSA) is 55.2 Å². The van der Waals surface area contributed by atoms with Crippen molar-refractivity contribution in [2.75, 3.05) is 58.5 Å². The van der Waals surface area contributed by atoms with E-state index in [1.54, 1.807) is 0 Å². The summed E-state index contributed by atoms with van der Waals surface area (Å²) in [5.41, 5.74) is 3.51. The number of hydrogen-bond acceptors (Lipinski definition) is 4. The summed E-state index contributed by atoms with van der Waals surface area (Å²) in [7, 11) is 4.07. The van der Waals surface area contributed by atoms with E-state index in [-0.39, 0.29) is 18.6 Å². The van der Waals surface area contributed by atoms with Crippen molar-refractivity contribution < 1.29 is 19.2 Å². The first-order valence-corrected chi connectivity index (χ1v) is 10.2. The molecule has 0 radical (unpaired) electrons. The largest absolute Gasteiger partial charge is 0.484 e. The van der Waals surface area contributed by atoms with Crippen LogP contribution in [0.3, 0.4) is 0 Å². The van der Waals surface area contributed by atoms with Gasteiger partial charge in [0.05, 0.1) is 19.8 Å². The second-order valence-corrected chi connectivity index (χ2v) is 7.72. The van der Waals surface area contributed by atoms with Gasteiger partial charge in [-0.3, -0.25) is 4.79 Å². The highest BCUT2D eigenvalue weighted by molar-refractivity contribution is 5.77. The van der Waals surface area contributed by atoms with Crippen molar-refractivity contribution in [1.29, 1.82) is 0 Å². The average molecular weight is 399 g/mol. The minimum absolute atomic E-state index is 0.0220. The lowest BCUT2D eigenvalue weighted by Crippen LogP contribution is -3.15. The highest BCUT2D eigenvalue weighted by atomic mass is 16.5. The summed E-state index contributed by atoms with van der Waals surface area (Å²) in [5.74, 6) is 0.615. The van der Waals surface area contributed by atoms with Gasteiger partial charge in [-0.2, -0.15) is 0 Å². The van der Waals surface area contributed by atoms with E-state index in [9.17, 15) is 4.79 Å². The van der Waals surface area contributed by atoms with E-state index < -0.39 is 0 Å². The van der Waals surface area contributed by atoms with Gasteiger partial charge in [-0.15, -0.1) is 0 Å². The predicted molar refractivity (Wildman–Crippen MR) is 115 cm³/mol. The molecule has 29 heavy (non-hydrogen) atoms. The van der Waals surface area contributed by atoms with Crippen molar-refractivity contribution in [2.24, 2.45) is 0 Å². The fourth-order valence-electron chi connectivity index (χ4n) is 3.61. The Hall–Kier alpha value is -2.57. The molecule has 1 saturated heterocycles. The van der Waals surface area contributed by atoms with Gasteiger partial charge in [0.25, 0.3) is 5.91 Å². The van der Waals surface area contributed by atoms with E-state index in [1.807, 2.05) is 45.3 Å². The molecule has 0 unspecified atom stereocenters. The van der Waals surface area contributed by atoms with Gasteiger partial charge in [0, 0.05) is 25.3 Å². The van der Waals surface area contributed by atoms with Crippen LogP contribution < -0.4 is 19.9 Å². The lowest BCUT2D eigenvalue weighted by atomic mass is 10.0. The molecule has 1 amide bonds. The number of anilines is 1. The van der Waals surface area contributed by atoms with Crippen molar-refractivity contribution in [1.82, 2.24) is 5.32 Å². The number of amides is 1. The van der Waals surface area contributed by atoms with Crippen LogP contribution in [0.2, 0.25) is 0 Å².